The summed E-state index contributed by atoms with van der Waals surface area (Å²) < 4.78 is 6.21. The molecule has 1 N–H and O–H groups in total. The van der Waals surface area contributed by atoms with Gasteiger partial charge >= 0.3 is 12.1 Å². The van der Waals surface area contributed by atoms with Crippen molar-refractivity contribution in [1.82, 2.24) is 4.57 Å². The zero-order chi connectivity index (χ0) is 17.1. The highest BCUT2D eigenvalue weighted by Crippen LogP contribution is 2.35. The van der Waals surface area contributed by atoms with E-state index in [0.717, 1.165) is 11.8 Å². The van der Waals surface area contributed by atoms with Gasteiger partial charge in [-0.3, -0.25) is 9.36 Å². The van der Waals surface area contributed by atoms with Gasteiger partial charge in [0.1, 0.15) is 0 Å². The minimum Gasteiger partial charge on any atom is -0.481 e. The first-order valence-electron chi connectivity index (χ1n) is 8.53. The van der Waals surface area contributed by atoms with Crippen LogP contribution in [0.1, 0.15) is 50.0 Å². The number of carbonyl (C=O) groups excluding carboxylic acids is 1. The van der Waals surface area contributed by atoms with E-state index < -0.39 is 18.0 Å². The molecule has 1 aromatic carbocycles. The van der Waals surface area contributed by atoms with Gasteiger partial charge in [-0.15, -0.1) is 0 Å². The highest BCUT2D eigenvalue weighted by molar-refractivity contribution is 5.95. The molecule has 1 heterocycles. The summed E-state index contributed by atoms with van der Waals surface area (Å²) in [4.78, 5) is 23.9. The molecule has 0 saturated heterocycles. The number of rotatable bonds is 5. The summed E-state index contributed by atoms with van der Waals surface area (Å²) in [6.07, 6.45) is 7.58. The quantitative estimate of drug-likeness (QED) is 0.883. The third-order valence-electron chi connectivity index (χ3n) is 5.13. The summed E-state index contributed by atoms with van der Waals surface area (Å²) in [6, 6.07) is 7.38. The summed E-state index contributed by atoms with van der Waals surface area (Å²) in [6.45, 7) is 0. The third kappa shape index (κ3) is 3.16. The van der Waals surface area contributed by atoms with E-state index in [1.165, 1.54) is 37.4 Å². The number of hydrogen-bond donors (Lipinski definition) is 1. The first kappa shape index (κ1) is 16.6. The minimum absolute atomic E-state index is 0.502. The Hall–Kier alpha value is -2.30. The van der Waals surface area contributed by atoms with Crippen molar-refractivity contribution in [1.29, 1.82) is 0 Å². The highest BCUT2D eigenvalue weighted by atomic mass is 16.5. The van der Waals surface area contributed by atoms with E-state index >= 15 is 0 Å². The standard InChI is InChI=1S/C19H23NO4/c1-24-19(23)20-12-16(14-8-4-5-9-17(14)20)15(18(21)22)11-10-13-6-2-3-7-13/h4-5,8-9,12-13,15H,2-3,6-7,10-11H2,1H3,(H,21,22). The van der Waals surface area contributed by atoms with E-state index in [9.17, 15) is 14.7 Å². The summed E-state index contributed by atoms with van der Waals surface area (Å²) >= 11 is 0. The maximum absolute atomic E-state index is 12.0. The number of hydrogen-bond acceptors (Lipinski definition) is 3. The molecular formula is C19H23NO4. The second-order valence-corrected chi connectivity index (χ2v) is 6.56. The molecule has 0 amide bonds. The van der Waals surface area contributed by atoms with Crippen LogP contribution in [-0.2, 0) is 9.53 Å². The van der Waals surface area contributed by atoms with Crippen LogP contribution >= 0.6 is 0 Å². The van der Waals surface area contributed by atoms with Crippen LogP contribution in [-0.4, -0.2) is 28.8 Å². The molecule has 128 valence electrons. The molecule has 1 saturated carbocycles. The van der Waals surface area contributed by atoms with Gasteiger partial charge in [-0.1, -0.05) is 43.9 Å². The van der Waals surface area contributed by atoms with Crippen molar-refractivity contribution in [2.24, 2.45) is 5.92 Å². The van der Waals surface area contributed by atoms with E-state index in [0.29, 0.717) is 23.4 Å². The maximum Gasteiger partial charge on any atom is 0.418 e. The Morgan fingerprint density at radius 2 is 2.00 bits per heavy atom. The zero-order valence-corrected chi connectivity index (χ0v) is 13.9. The molecule has 0 bridgehead atoms. The van der Waals surface area contributed by atoms with Gasteiger partial charge in [0.2, 0.25) is 0 Å². The smallest absolute Gasteiger partial charge is 0.418 e. The Bertz CT molecular complexity index is 743. The van der Waals surface area contributed by atoms with Crippen LogP contribution in [0.4, 0.5) is 4.79 Å². The molecule has 5 nitrogen and oxygen atoms in total. The fourth-order valence-corrected chi connectivity index (χ4v) is 3.85. The van der Waals surface area contributed by atoms with Gasteiger partial charge in [0.15, 0.2) is 0 Å². The van der Waals surface area contributed by atoms with Crippen LogP contribution in [0, 0.1) is 5.92 Å². The van der Waals surface area contributed by atoms with Crippen molar-refractivity contribution in [2.45, 2.75) is 44.4 Å². The van der Waals surface area contributed by atoms with Crippen LogP contribution in [0.2, 0.25) is 0 Å². The lowest BCUT2D eigenvalue weighted by Crippen LogP contribution is -2.13. The molecule has 5 heteroatoms. The second-order valence-electron chi connectivity index (χ2n) is 6.56. The molecule has 1 aliphatic carbocycles. The molecule has 2 aromatic rings. The lowest BCUT2D eigenvalue weighted by molar-refractivity contribution is -0.139. The number of carboxylic acids is 1. The van der Waals surface area contributed by atoms with Gasteiger partial charge in [0, 0.05) is 11.6 Å². The molecule has 1 unspecified atom stereocenters. The monoisotopic (exact) mass is 329 g/mol. The number of para-hydroxylation sites is 1. The van der Waals surface area contributed by atoms with E-state index in [1.54, 1.807) is 6.20 Å². The number of benzene rings is 1. The van der Waals surface area contributed by atoms with Crippen LogP contribution in [0.3, 0.4) is 0 Å². The summed E-state index contributed by atoms with van der Waals surface area (Å²) in [5.41, 5.74) is 1.38. The molecule has 1 fully saturated rings. The van der Waals surface area contributed by atoms with Crippen molar-refractivity contribution in [3.63, 3.8) is 0 Å². The fourth-order valence-electron chi connectivity index (χ4n) is 3.85. The molecule has 0 spiro atoms. The normalized spacial score (nSPS) is 16.4. The van der Waals surface area contributed by atoms with Crippen molar-refractivity contribution < 1.29 is 19.4 Å². The van der Waals surface area contributed by atoms with Gasteiger partial charge in [0.25, 0.3) is 0 Å². The van der Waals surface area contributed by atoms with Crippen LogP contribution < -0.4 is 0 Å². The lowest BCUT2D eigenvalue weighted by atomic mass is 9.89. The van der Waals surface area contributed by atoms with Gasteiger partial charge < -0.3 is 9.84 Å². The number of aromatic nitrogens is 1. The fraction of sp³-hybridized carbons (Fsp3) is 0.474. The number of ether oxygens (including phenoxy) is 1. The number of aliphatic carboxylic acids is 1. The predicted molar refractivity (Wildman–Crippen MR) is 91.3 cm³/mol. The van der Waals surface area contributed by atoms with E-state index in [-0.39, 0.29) is 0 Å². The first-order chi connectivity index (χ1) is 11.6. The summed E-state index contributed by atoms with van der Waals surface area (Å²) in [7, 11) is 1.32. The number of nitrogens with zero attached hydrogens (tertiary/aromatic N) is 1. The van der Waals surface area contributed by atoms with E-state index in [2.05, 4.69) is 0 Å². The number of fused-ring (bicyclic) bond motifs is 1. The Balaban J connectivity index is 1.94. The summed E-state index contributed by atoms with van der Waals surface area (Å²) in [5.74, 6) is -0.789. The predicted octanol–water partition coefficient (Wildman–Crippen LogP) is 4.39. The van der Waals surface area contributed by atoms with Crippen LogP contribution in [0.5, 0.6) is 0 Å². The van der Waals surface area contributed by atoms with Crippen LogP contribution in [0.25, 0.3) is 10.9 Å². The molecule has 3 rings (SSSR count). The molecule has 1 aliphatic rings. The molecule has 0 radical (unpaired) electrons. The second kappa shape index (κ2) is 7.07. The van der Waals surface area contributed by atoms with Gasteiger partial charge in [-0.2, -0.15) is 0 Å². The Morgan fingerprint density at radius 3 is 2.67 bits per heavy atom. The highest BCUT2D eigenvalue weighted by Gasteiger charge is 2.27. The first-order valence-corrected chi connectivity index (χ1v) is 8.53. The number of methoxy groups -OCH3 is 1. The van der Waals surface area contributed by atoms with Gasteiger partial charge in [0.05, 0.1) is 18.5 Å². The topological polar surface area (TPSA) is 68.5 Å². The molecule has 1 atom stereocenters. The molecule has 1 aromatic heterocycles. The SMILES string of the molecule is COC(=O)n1cc(C(CCC2CCCC2)C(=O)O)c2ccccc21. The van der Waals surface area contributed by atoms with Gasteiger partial charge in [-0.25, -0.2) is 4.79 Å². The molecule has 24 heavy (non-hydrogen) atoms. The minimum atomic E-state index is -0.833. The number of carboxylic acid groups (broad SMARTS) is 1. The Morgan fingerprint density at radius 1 is 1.29 bits per heavy atom. The van der Waals surface area contributed by atoms with E-state index in [1.807, 2.05) is 24.3 Å². The Labute approximate surface area is 141 Å². The Kier molecular flexibility index (Phi) is 4.88. The number of carbonyl (C=O) groups is 2. The maximum atomic E-state index is 12.0. The molecule has 0 aliphatic heterocycles. The lowest BCUT2D eigenvalue weighted by Gasteiger charge is -2.14. The molecular weight excluding hydrogens is 306 g/mol. The summed E-state index contributed by atoms with van der Waals surface area (Å²) in [5, 5.41) is 10.5. The van der Waals surface area contributed by atoms with Crippen molar-refractivity contribution in [3.05, 3.63) is 36.0 Å². The van der Waals surface area contributed by atoms with Crippen molar-refractivity contribution >= 4 is 23.0 Å². The zero-order valence-electron chi connectivity index (χ0n) is 13.9. The van der Waals surface area contributed by atoms with E-state index in [4.69, 9.17) is 4.74 Å². The van der Waals surface area contributed by atoms with Crippen molar-refractivity contribution in [2.75, 3.05) is 7.11 Å². The van der Waals surface area contributed by atoms with Crippen molar-refractivity contribution in [3.8, 4) is 0 Å². The van der Waals surface area contributed by atoms with Crippen LogP contribution in [0.15, 0.2) is 30.5 Å². The average Bonchev–Trinajstić information content (AvgIpc) is 3.22. The largest absolute Gasteiger partial charge is 0.481 e. The average molecular weight is 329 g/mol. The third-order valence-corrected chi connectivity index (χ3v) is 5.13. The van der Waals surface area contributed by atoms with Gasteiger partial charge in [-0.05, 0) is 30.4 Å².